The fourth-order valence-corrected chi connectivity index (χ4v) is 4.42. The van der Waals surface area contributed by atoms with Crippen molar-refractivity contribution in [2.75, 3.05) is 16.8 Å². The normalized spacial score (nSPS) is 15.5. The van der Waals surface area contributed by atoms with Crippen LogP contribution in [0.5, 0.6) is 0 Å². The smallest absolute Gasteiger partial charge is 0.330 e. The maximum Gasteiger partial charge on any atom is 0.330 e. The van der Waals surface area contributed by atoms with Gasteiger partial charge in [0.2, 0.25) is 0 Å². The zero-order chi connectivity index (χ0) is 22.8. The third kappa shape index (κ3) is 4.17. The van der Waals surface area contributed by atoms with Gasteiger partial charge in [-0.1, -0.05) is 42.5 Å². The summed E-state index contributed by atoms with van der Waals surface area (Å²) in [6.07, 6.45) is 4.94. The van der Waals surface area contributed by atoms with Crippen LogP contribution in [0.25, 0.3) is 22.4 Å². The van der Waals surface area contributed by atoms with Gasteiger partial charge in [-0.15, -0.1) is 0 Å². The van der Waals surface area contributed by atoms with Gasteiger partial charge in [-0.25, -0.2) is 14.8 Å². The molecule has 5 rings (SSSR count). The zero-order valence-electron chi connectivity index (χ0n) is 18.4. The Morgan fingerprint density at radius 2 is 1.76 bits per heavy atom. The van der Waals surface area contributed by atoms with Crippen molar-refractivity contribution in [3.05, 3.63) is 90.4 Å². The average molecular weight is 440 g/mol. The van der Waals surface area contributed by atoms with Crippen molar-refractivity contribution in [2.45, 2.75) is 18.9 Å². The van der Waals surface area contributed by atoms with Gasteiger partial charge in [0.15, 0.2) is 0 Å². The molecule has 1 amide bonds. The third-order valence-electron chi connectivity index (χ3n) is 6.14. The van der Waals surface area contributed by atoms with Gasteiger partial charge in [-0.3, -0.25) is 4.68 Å². The first-order valence-corrected chi connectivity index (χ1v) is 11.0. The summed E-state index contributed by atoms with van der Waals surface area (Å²) in [5.74, 6) is 0.0679. The molecule has 2 aromatic heterocycles. The van der Waals surface area contributed by atoms with E-state index in [1.54, 1.807) is 12.3 Å². The van der Waals surface area contributed by atoms with Gasteiger partial charge in [0, 0.05) is 37.1 Å². The molecule has 1 atom stereocenters. The molecule has 2 aromatic carbocycles. The number of aromatic nitrogens is 3. The van der Waals surface area contributed by atoms with Crippen LogP contribution in [0.3, 0.4) is 0 Å². The van der Waals surface area contributed by atoms with E-state index in [1.165, 1.54) is 6.20 Å². The molecule has 0 saturated carbocycles. The second kappa shape index (κ2) is 8.78. The Bertz CT molecular complexity index is 1270. The van der Waals surface area contributed by atoms with Crippen LogP contribution in [0.2, 0.25) is 0 Å². The van der Waals surface area contributed by atoms with Crippen LogP contribution in [0, 0.1) is 5.21 Å². The van der Waals surface area contributed by atoms with E-state index in [1.807, 2.05) is 78.5 Å². The average Bonchev–Trinajstić information content (AvgIpc) is 3.50. The predicted molar refractivity (Wildman–Crippen MR) is 128 cm³/mol. The van der Waals surface area contributed by atoms with Crippen LogP contribution in [0.1, 0.15) is 12.8 Å². The molecule has 0 spiro atoms. The fourth-order valence-electron chi connectivity index (χ4n) is 4.42. The van der Waals surface area contributed by atoms with Crippen LogP contribution in [0.15, 0.2) is 85.2 Å². The molecule has 4 aromatic rings. The number of aryl methyl sites for hydroxylation is 1. The first kappa shape index (κ1) is 20.8. The van der Waals surface area contributed by atoms with Gasteiger partial charge in [-0.2, -0.15) is 5.10 Å². The fraction of sp³-hybridized carbons (Fsp3) is 0.192. The summed E-state index contributed by atoms with van der Waals surface area (Å²) in [5, 5.41) is 19.6. The molecule has 0 radical (unpaired) electrons. The van der Waals surface area contributed by atoms with Crippen LogP contribution < -0.4 is 14.9 Å². The van der Waals surface area contributed by atoms with E-state index in [0.29, 0.717) is 0 Å². The van der Waals surface area contributed by atoms with E-state index >= 15 is 0 Å². The highest BCUT2D eigenvalue weighted by Crippen LogP contribution is 2.29. The van der Waals surface area contributed by atoms with E-state index in [9.17, 15) is 10.0 Å². The molecular weight excluding hydrogens is 414 g/mol. The van der Waals surface area contributed by atoms with E-state index < -0.39 is 0 Å². The predicted octanol–water partition coefficient (Wildman–Crippen LogP) is 4.00. The number of hydrogen-bond donors (Lipinski definition) is 1. The maximum absolute atomic E-state index is 13.1. The van der Waals surface area contributed by atoms with Gasteiger partial charge in [0.05, 0.1) is 5.69 Å². The highest BCUT2D eigenvalue weighted by atomic mass is 16.5. The summed E-state index contributed by atoms with van der Waals surface area (Å²) in [6.45, 7) is 0.799. The number of nitrogens with zero attached hydrogens (tertiary/aromatic N) is 4. The third-order valence-corrected chi connectivity index (χ3v) is 6.14. The van der Waals surface area contributed by atoms with Gasteiger partial charge in [0.25, 0.3) is 5.82 Å². The quantitative estimate of drug-likeness (QED) is 0.377. The molecule has 1 saturated heterocycles. The summed E-state index contributed by atoms with van der Waals surface area (Å²) >= 11 is 0. The number of carbonyl (C=O) groups excluding carboxylic acids is 1. The molecule has 7 heteroatoms. The Balaban J connectivity index is 1.31. The van der Waals surface area contributed by atoms with Gasteiger partial charge < -0.3 is 10.1 Å². The highest BCUT2D eigenvalue weighted by Gasteiger charge is 2.34. The Hall–Kier alpha value is -4.13. The number of rotatable bonds is 5. The maximum atomic E-state index is 13.1. The molecule has 7 nitrogen and oxygen atoms in total. The topological polar surface area (TPSA) is 77.1 Å². The molecule has 166 valence electrons. The first-order chi connectivity index (χ1) is 16.1. The van der Waals surface area contributed by atoms with E-state index in [0.717, 1.165) is 52.2 Å². The van der Waals surface area contributed by atoms with Crippen molar-refractivity contribution in [3.63, 3.8) is 0 Å². The molecule has 3 heterocycles. The summed E-state index contributed by atoms with van der Waals surface area (Å²) in [6, 6.07) is 23.0. The molecule has 0 unspecified atom stereocenters. The monoisotopic (exact) mass is 439 g/mol. The Labute approximate surface area is 192 Å². The lowest BCUT2D eigenvalue weighted by atomic mass is 10.1. The summed E-state index contributed by atoms with van der Waals surface area (Å²) in [7, 11) is 1.92. The molecular formula is C26H25N5O2. The van der Waals surface area contributed by atoms with Crippen LogP contribution in [-0.4, -0.2) is 28.3 Å². The molecule has 0 bridgehead atoms. The van der Waals surface area contributed by atoms with Crippen molar-refractivity contribution >= 4 is 17.4 Å². The molecule has 1 fully saturated rings. The lowest BCUT2D eigenvalue weighted by molar-refractivity contribution is -0.589. The van der Waals surface area contributed by atoms with Crippen molar-refractivity contribution in [1.29, 1.82) is 0 Å². The number of anilines is 2. The van der Waals surface area contributed by atoms with E-state index in [2.05, 4.69) is 15.3 Å². The Kier molecular flexibility index (Phi) is 5.52. The number of hydrogen-bond acceptors (Lipinski definition) is 4. The zero-order valence-corrected chi connectivity index (χ0v) is 18.4. The second-order valence-electron chi connectivity index (χ2n) is 8.22. The van der Waals surface area contributed by atoms with Gasteiger partial charge in [-0.05, 0) is 48.2 Å². The molecule has 0 aliphatic carbocycles. The number of carbonyl (C=O) groups is 1. The number of benzene rings is 2. The lowest BCUT2D eigenvalue weighted by Crippen LogP contribution is -2.42. The SMILES string of the molecule is Cn1nccc1-c1ccc(N2CCC[C@H]2C(=O)Nc2ccc(-c3ccccc3)c[n+]2[O-])cc1. The van der Waals surface area contributed by atoms with E-state index in [-0.39, 0.29) is 17.8 Å². The minimum Gasteiger partial charge on any atom is -0.711 e. The van der Waals surface area contributed by atoms with Crippen LogP contribution in [0.4, 0.5) is 11.5 Å². The van der Waals surface area contributed by atoms with E-state index in [4.69, 9.17) is 0 Å². The Morgan fingerprint density at radius 1 is 1.00 bits per heavy atom. The van der Waals surface area contributed by atoms with Crippen molar-refractivity contribution in [3.8, 4) is 22.4 Å². The van der Waals surface area contributed by atoms with Crippen molar-refractivity contribution in [2.24, 2.45) is 7.05 Å². The van der Waals surface area contributed by atoms with Crippen molar-refractivity contribution in [1.82, 2.24) is 9.78 Å². The minimum atomic E-state index is -0.318. The Morgan fingerprint density at radius 3 is 2.45 bits per heavy atom. The number of nitrogens with one attached hydrogen (secondary N) is 1. The number of amides is 1. The summed E-state index contributed by atoms with van der Waals surface area (Å²) in [5.41, 5.74) is 4.87. The largest absolute Gasteiger partial charge is 0.711 e. The van der Waals surface area contributed by atoms with Crippen molar-refractivity contribution < 1.29 is 9.52 Å². The van der Waals surface area contributed by atoms with Gasteiger partial charge in [0.1, 0.15) is 12.2 Å². The summed E-state index contributed by atoms with van der Waals surface area (Å²) < 4.78 is 2.56. The van der Waals surface area contributed by atoms with Crippen LogP contribution >= 0.6 is 0 Å². The minimum absolute atomic E-state index is 0.166. The standard InChI is InChI=1S/C26H25N5O2/c1-29-23(15-16-27-29)20-9-12-22(13-10-20)30-17-5-8-24(30)26(32)28-25-14-11-21(18-31(25)33)19-6-3-2-4-7-19/h2-4,6-7,9-16,18,24H,5,8,17H2,1H3,(H,28,32)/t24-/m0/s1. The first-order valence-electron chi connectivity index (χ1n) is 11.0. The molecule has 1 aliphatic rings. The second-order valence-corrected chi connectivity index (χ2v) is 8.22. The lowest BCUT2D eigenvalue weighted by Gasteiger charge is -2.24. The molecule has 33 heavy (non-hydrogen) atoms. The van der Waals surface area contributed by atoms with Crippen LogP contribution in [-0.2, 0) is 11.8 Å². The highest BCUT2D eigenvalue weighted by molar-refractivity contribution is 5.96. The molecule has 1 N–H and O–H groups in total. The summed E-state index contributed by atoms with van der Waals surface area (Å²) in [4.78, 5) is 15.2. The molecule has 1 aliphatic heterocycles. The number of pyridine rings is 1. The van der Waals surface area contributed by atoms with Gasteiger partial charge >= 0.3 is 5.91 Å².